The van der Waals surface area contributed by atoms with Gasteiger partial charge in [0.15, 0.2) is 0 Å². The molecule has 8 heteroatoms. The Bertz CT molecular complexity index is 1130. The Labute approximate surface area is 198 Å². The van der Waals surface area contributed by atoms with Gasteiger partial charge in [0.05, 0.1) is 5.92 Å². The number of carbonyl (C=O) groups excluding carboxylic acids is 4. The molecule has 0 aliphatic heterocycles. The van der Waals surface area contributed by atoms with Gasteiger partial charge in [-0.2, -0.15) is 5.48 Å². The van der Waals surface area contributed by atoms with Crippen LogP contribution < -0.4 is 11.2 Å². The van der Waals surface area contributed by atoms with Crippen LogP contribution in [0.5, 0.6) is 0 Å². The minimum atomic E-state index is -2.18. The molecule has 2 aromatic rings. The van der Waals surface area contributed by atoms with Gasteiger partial charge in [0, 0.05) is 32.6 Å². The summed E-state index contributed by atoms with van der Waals surface area (Å²) in [7, 11) is 0. The highest BCUT2D eigenvalue weighted by Crippen LogP contribution is 2.44. The Morgan fingerprint density at radius 3 is 2.26 bits per heavy atom. The van der Waals surface area contributed by atoms with Crippen molar-refractivity contribution < 1.29 is 28.8 Å². The van der Waals surface area contributed by atoms with Gasteiger partial charge in [0.2, 0.25) is 5.72 Å². The summed E-state index contributed by atoms with van der Waals surface area (Å²) in [6.45, 7) is 4.20. The molecule has 0 fully saturated rings. The van der Waals surface area contributed by atoms with Crippen molar-refractivity contribution in [2.75, 3.05) is 0 Å². The Morgan fingerprint density at radius 1 is 0.971 bits per heavy atom. The molecule has 1 aliphatic rings. The first-order valence-corrected chi connectivity index (χ1v) is 10.9. The zero-order chi connectivity index (χ0) is 24.9. The second-order valence-electron chi connectivity index (χ2n) is 8.33. The lowest BCUT2D eigenvalue weighted by atomic mass is 9.71. The van der Waals surface area contributed by atoms with Gasteiger partial charge in [-0.1, -0.05) is 60.7 Å². The number of nitrogens with one attached hydrogen (secondary N) is 1. The van der Waals surface area contributed by atoms with Crippen molar-refractivity contribution >= 4 is 29.2 Å². The van der Waals surface area contributed by atoms with Gasteiger partial charge in [-0.25, -0.2) is 0 Å². The molecule has 0 spiro atoms. The SMILES string of the molecule is CC(=O)ONC(=O)C(N)(CCC(=O)C1c2ccccc2C(C)=CC1c1ccccc1)OC(C)=O. The molecule has 0 saturated carbocycles. The van der Waals surface area contributed by atoms with Crippen LogP contribution in [0.15, 0.2) is 60.7 Å². The highest BCUT2D eigenvalue weighted by molar-refractivity contribution is 5.92. The molecule has 3 atom stereocenters. The number of benzene rings is 2. The number of allylic oxidation sites excluding steroid dienone is 2. The molecule has 3 rings (SSSR count). The average molecular weight is 465 g/mol. The number of hydrogen-bond donors (Lipinski definition) is 2. The second kappa shape index (κ2) is 10.4. The van der Waals surface area contributed by atoms with Crippen molar-refractivity contribution in [2.45, 2.75) is 51.2 Å². The normalized spacial score (nSPS) is 18.5. The number of esters is 1. The predicted octanol–water partition coefficient (Wildman–Crippen LogP) is 3.13. The second-order valence-corrected chi connectivity index (χ2v) is 8.33. The molecule has 8 nitrogen and oxygen atoms in total. The van der Waals surface area contributed by atoms with E-state index in [1.54, 1.807) is 0 Å². The van der Waals surface area contributed by atoms with Crippen LogP contribution in [-0.4, -0.2) is 29.4 Å². The summed E-state index contributed by atoms with van der Waals surface area (Å²) in [5.41, 5.74) is 9.69. The first kappa shape index (κ1) is 24.9. The van der Waals surface area contributed by atoms with Crippen LogP contribution in [0.4, 0.5) is 0 Å². The monoisotopic (exact) mass is 464 g/mol. The van der Waals surface area contributed by atoms with Crippen molar-refractivity contribution in [3.8, 4) is 0 Å². The summed E-state index contributed by atoms with van der Waals surface area (Å²) < 4.78 is 5.04. The number of hydrogen-bond acceptors (Lipinski definition) is 7. The molecular weight excluding hydrogens is 436 g/mol. The van der Waals surface area contributed by atoms with E-state index in [0.29, 0.717) is 0 Å². The highest BCUT2D eigenvalue weighted by atomic mass is 16.7. The van der Waals surface area contributed by atoms with Gasteiger partial charge in [-0.05, 0) is 29.2 Å². The molecule has 3 N–H and O–H groups in total. The van der Waals surface area contributed by atoms with Crippen molar-refractivity contribution in [3.05, 3.63) is 77.4 Å². The van der Waals surface area contributed by atoms with Crippen LogP contribution in [0, 0.1) is 0 Å². The predicted molar refractivity (Wildman–Crippen MR) is 125 cm³/mol. The van der Waals surface area contributed by atoms with Crippen LogP contribution in [0.1, 0.15) is 62.1 Å². The summed E-state index contributed by atoms with van der Waals surface area (Å²) in [4.78, 5) is 53.3. The number of ether oxygens (including phenoxy) is 1. The van der Waals surface area contributed by atoms with Gasteiger partial charge >= 0.3 is 17.8 Å². The molecule has 0 heterocycles. The summed E-state index contributed by atoms with van der Waals surface area (Å²) in [6.07, 6.45) is 1.64. The van der Waals surface area contributed by atoms with E-state index >= 15 is 0 Å². The molecular formula is C26H28N2O6. The average Bonchev–Trinajstić information content (AvgIpc) is 2.81. The summed E-state index contributed by atoms with van der Waals surface area (Å²) in [6, 6.07) is 17.4. The maximum atomic E-state index is 13.6. The summed E-state index contributed by atoms with van der Waals surface area (Å²) in [5.74, 6) is -3.50. The van der Waals surface area contributed by atoms with Crippen LogP contribution >= 0.6 is 0 Å². The zero-order valence-electron chi connectivity index (χ0n) is 19.4. The number of ketones is 1. The molecule has 0 saturated heterocycles. The molecule has 178 valence electrons. The minimum Gasteiger partial charge on any atom is -0.434 e. The Morgan fingerprint density at radius 2 is 1.62 bits per heavy atom. The van der Waals surface area contributed by atoms with E-state index in [4.69, 9.17) is 10.5 Å². The van der Waals surface area contributed by atoms with Gasteiger partial charge in [-0.3, -0.25) is 24.9 Å². The number of nitrogens with two attached hydrogens (primary N) is 1. The topological polar surface area (TPSA) is 125 Å². The quantitative estimate of drug-likeness (QED) is 0.366. The zero-order valence-corrected chi connectivity index (χ0v) is 19.4. The molecule has 3 unspecified atom stereocenters. The van der Waals surface area contributed by atoms with Crippen molar-refractivity contribution in [1.29, 1.82) is 0 Å². The number of amides is 1. The van der Waals surface area contributed by atoms with E-state index in [0.717, 1.165) is 36.1 Å². The maximum absolute atomic E-state index is 13.6. The summed E-state index contributed by atoms with van der Waals surface area (Å²) >= 11 is 0. The Hall–Kier alpha value is -3.78. The first-order valence-electron chi connectivity index (χ1n) is 10.9. The van der Waals surface area contributed by atoms with E-state index in [-0.39, 0.29) is 24.5 Å². The summed E-state index contributed by atoms with van der Waals surface area (Å²) in [5, 5.41) is 0. The van der Waals surface area contributed by atoms with E-state index in [1.807, 2.05) is 67.0 Å². The van der Waals surface area contributed by atoms with Crippen molar-refractivity contribution in [3.63, 3.8) is 0 Å². The van der Waals surface area contributed by atoms with Gasteiger partial charge < -0.3 is 9.57 Å². The van der Waals surface area contributed by atoms with Gasteiger partial charge in [-0.15, -0.1) is 0 Å². The number of hydroxylamine groups is 1. The smallest absolute Gasteiger partial charge is 0.329 e. The standard InChI is InChI=1S/C26H28N2O6/c1-16-15-22(19-9-5-4-6-10-19)24(21-12-8-7-11-20(16)21)23(31)13-14-26(27,33-17(2)29)25(32)28-34-18(3)30/h4-12,15,22,24H,13-14,27H2,1-3H3,(H,28,32). The van der Waals surface area contributed by atoms with Crippen LogP contribution in [0.25, 0.3) is 5.57 Å². The maximum Gasteiger partial charge on any atom is 0.329 e. The van der Waals surface area contributed by atoms with Crippen molar-refractivity contribution in [1.82, 2.24) is 5.48 Å². The van der Waals surface area contributed by atoms with Crippen molar-refractivity contribution in [2.24, 2.45) is 5.73 Å². The largest absolute Gasteiger partial charge is 0.434 e. The third kappa shape index (κ3) is 5.58. The number of carbonyl (C=O) groups is 4. The fourth-order valence-corrected chi connectivity index (χ4v) is 4.25. The fraction of sp³-hybridized carbons (Fsp3) is 0.308. The van der Waals surface area contributed by atoms with E-state index in [2.05, 4.69) is 10.9 Å². The fourth-order valence-electron chi connectivity index (χ4n) is 4.25. The van der Waals surface area contributed by atoms with Crippen LogP contribution in [0.3, 0.4) is 0 Å². The number of Topliss-reactive ketones (excluding diaryl/α,β-unsaturated/α-hetero) is 1. The van der Waals surface area contributed by atoms with E-state index in [1.165, 1.54) is 0 Å². The lowest BCUT2D eigenvalue weighted by molar-refractivity contribution is -0.177. The van der Waals surface area contributed by atoms with Gasteiger partial charge in [0.25, 0.3) is 0 Å². The molecule has 0 radical (unpaired) electrons. The van der Waals surface area contributed by atoms with E-state index < -0.39 is 29.5 Å². The number of fused-ring (bicyclic) bond motifs is 1. The van der Waals surface area contributed by atoms with Gasteiger partial charge in [0.1, 0.15) is 5.78 Å². The Kier molecular flexibility index (Phi) is 7.63. The highest BCUT2D eigenvalue weighted by Gasteiger charge is 2.41. The molecule has 1 aliphatic carbocycles. The Balaban J connectivity index is 1.90. The molecule has 1 amide bonds. The lowest BCUT2D eigenvalue weighted by Gasteiger charge is -2.32. The van der Waals surface area contributed by atoms with E-state index in [9.17, 15) is 19.2 Å². The first-order chi connectivity index (χ1) is 16.1. The molecule has 2 aromatic carbocycles. The third-order valence-corrected chi connectivity index (χ3v) is 5.78. The minimum absolute atomic E-state index is 0.146. The van der Waals surface area contributed by atoms with Crippen LogP contribution in [-0.2, 0) is 28.8 Å². The number of rotatable bonds is 7. The molecule has 0 bridgehead atoms. The van der Waals surface area contributed by atoms with Crippen LogP contribution in [0.2, 0.25) is 0 Å². The molecule has 34 heavy (non-hydrogen) atoms. The third-order valence-electron chi connectivity index (χ3n) is 5.78. The lowest BCUT2D eigenvalue weighted by Crippen LogP contribution is -2.57. The molecule has 0 aromatic heterocycles.